The van der Waals surface area contributed by atoms with Gasteiger partial charge < -0.3 is 25.1 Å². The van der Waals surface area contributed by atoms with Crippen molar-refractivity contribution in [3.05, 3.63) is 54.1 Å². The van der Waals surface area contributed by atoms with Gasteiger partial charge in [0.2, 0.25) is 5.91 Å². The lowest BCUT2D eigenvalue weighted by Gasteiger charge is -2.32. The normalized spacial score (nSPS) is 20.8. The number of nitrogens with two attached hydrogens (primary N) is 1. The van der Waals surface area contributed by atoms with E-state index >= 15 is 0 Å². The van der Waals surface area contributed by atoms with Gasteiger partial charge in [-0.3, -0.25) is 9.59 Å². The van der Waals surface area contributed by atoms with Gasteiger partial charge in [0.05, 0.1) is 22.9 Å². The summed E-state index contributed by atoms with van der Waals surface area (Å²) in [4.78, 5) is 41.7. The summed E-state index contributed by atoms with van der Waals surface area (Å²) in [5, 5.41) is 16.8. The minimum absolute atomic E-state index is 0.203. The number of nitrogens with zero attached hydrogens (tertiary/aromatic N) is 4. The van der Waals surface area contributed by atoms with Gasteiger partial charge in [-0.15, -0.1) is 5.10 Å². The van der Waals surface area contributed by atoms with Gasteiger partial charge in [0, 0.05) is 18.0 Å². The fourth-order valence-electron chi connectivity index (χ4n) is 6.10. The molecular weight excluding hydrogens is 625 g/mol. The summed E-state index contributed by atoms with van der Waals surface area (Å²) in [5.74, 6) is -0.492. The fraction of sp³-hybridized carbons (Fsp3) is 0.543. The number of hydrogen-bond acceptors (Lipinski definition) is 10. The zero-order valence-electron chi connectivity index (χ0n) is 29.5. The highest BCUT2D eigenvalue weighted by atomic mass is 16.7. The SMILES string of the molecule is CC(C)(C)OC(=O)NC[C@H]1CC[C@H](C(=O)N(C(=O)[C@@H](N)Cc2cccc(B3OC(C)(C)C(C)(C)O3)c2)c2ccc(-c3nnn[nH]3)cc2)CC1. The molecule has 3 aromatic rings. The Kier molecular flexibility index (Phi) is 10.6. The molecule has 2 aromatic carbocycles. The predicted molar refractivity (Wildman–Crippen MR) is 186 cm³/mol. The van der Waals surface area contributed by atoms with Crippen LogP contribution in [0.3, 0.4) is 0 Å². The van der Waals surface area contributed by atoms with Crippen LogP contribution in [0, 0.1) is 11.8 Å². The molecule has 2 aliphatic rings. The molecule has 1 atom stereocenters. The number of benzene rings is 2. The summed E-state index contributed by atoms with van der Waals surface area (Å²) >= 11 is 0. The molecule has 49 heavy (non-hydrogen) atoms. The maximum atomic E-state index is 14.2. The Balaban J connectivity index is 1.30. The van der Waals surface area contributed by atoms with Crippen molar-refractivity contribution < 1.29 is 28.4 Å². The van der Waals surface area contributed by atoms with E-state index in [1.165, 1.54) is 4.90 Å². The second-order valence-electron chi connectivity index (χ2n) is 15.1. The third kappa shape index (κ3) is 8.73. The molecule has 1 saturated heterocycles. The molecule has 0 radical (unpaired) electrons. The number of aromatic amines is 1. The number of amides is 3. The summed E-state index contributed by atoms with van der Waals surface area (Å²) in [6.07, 6.45) is 2.36. The monoisotopic (exact) mass is 673 g/mol. The van der Waals surface area contributed by atoms with E-state index < -0.39 is 42.0 Å². The maximum Gasteiger partial charge on any atom is 0.494 e. The van der Waals surface area contributed by atoms with E-state index in [0.29, 0.717) is 36.5 Å². The molecule has 1 aliphatic carbocycles. The van der Waals surface area contributed by atoms with Crippen molar-refractivity contribution in [3.63, 3.8) is 0 Å². The first-order valence-electron chi connectivity index (χ1n) is 16.9. The second-order valence-corrected chi connectivity index (χ2v) is 15.1. The van der Waals surface area contributed by atoms with Gasteiger partial charge in [-0.2, -0.15) is 0 Å². The first-order valence-corrected chi connectivity index (χ1v) is 16.9. The molecule has 0 spiro atoms. The molecule has 1 aliphatic heterocycles. The lowest BCUT2D eigenvalue weighted by molar-refractivity contribution is -0.130. The number of carbonyl (C=O) groups is 3. The number of hydrogen-bond donors (Lipinski definition) is 3. The quantitative estimate of drug-likeness (QED) is 0.283. The van der Waals surface area contributed by atoms with Gasteiger partial charge in [-0.25, -0.2) is 14.8 Å². The van der Waals surface area contributed by atoms with Crippen molar-refractivity contribution >= 4 is 36.2 Å². The molecule has 14 heteroatoms. The highest BCUT2D eigenvalue weighted by Crippen LogP contribution is 2.37. The average Bonchev–Trinajstić information content (AvgIpc) is 3.65. The maximum absolute atomic E-state index is 14.2. The van der Waals surface area contributed by atoms with E-state index in [2.05, 4.69) is 25.9 Å². The number of ether oxygens (including phenoxy) is 1. The molecular formula is C35H48BN7O6. The van der Waals surface area contributed by atoms with Crippen molar-refractivity contribution in [2.75, 3.05) is 11.4 Å². The Morgan fingerprint density at radius 2 is 1.69 bits per heavy atom. The van der Waals surface area contributed by atoms with E-state index in [0.717, 1.165) is 23.9 Å². The number of nitrogens with one attached hydrogen (secondary N) is 2. The number of aromatic nitrogens is 4. The molecule has 0 bridgehead atoms. The third-order valence-electron chi connectivity index (χ3n) is 9.56. The van der Waals surface area contributed by atoms with Crippen molar-refractivity contribution in [2.45, 2.75) is 103 Å². The highest BCUT2D eigenvalue weighted by Gasteiger charge is 2.51. The van der Waals surface area contributed by atoms with E-state index in [1.807, 2.05) is 72.7 Å². The van der Waals surface area contributed by atoms with Crippen LogP contribution in [0.5, 0.6) is 0 Å². The second kappa shape index (κ2) is 14.4. The number of rotatable bonds is 9. The van der Waals surface area contributed by atoms with E-state index in [9.17, 15) is 14.4 Å². The lowest BCUT2D eigenvalue weighted by atomic mass is 9.78. The zero-order valence-corrected chi connectivity index (χ0v) is 29.5. The first-order chi connectivity index (χ1) is 23.0. The molecule has 4 N–H and O–H groups in total. The summed E-state index contributed by atoms with van der Waals surface area (Å²) in [6.45, 7) is 13.9. The molecule has 13 nitrogen and oxygen atoms in total. The molecule has 2 heterocycles. The van der Waals surface area contributed by atoms with Crippen molar-refractivity contribution in [3.8, 4) is 11.4 Å². The number of alkyl carbamates (subject to hydrolysis) is 1. The minimum atomic E-state index is -0.995. The molecule has 262 valence electrons. The van der Waals surface area contributed by atoms with Crippen LogP contribution in [0.4, 0.5) is 10.5 Å². The van der Waals surface area contributed by atoms with Crippen LogP contribution in [0.1, 0.15) is 79.7 Å². The Hall–Kier alpha value is -4.14. The van der Waals surface area contributed by atoms with Crippen LogP contribution in [0.15, 0.2) is 48.5 Å². The molecule has 0 unspecified atom stereocenters. The van der Waals surface area contributed by atoms with Crippen molar-refractivity contribution in [1.82, 2.24) is 25.9 Å². The Bertz CT molecular complexity index is 1600. The standard InChI is InChI=1S/C35H48BN7O6/c1-33(2,3)47-32(46)38-21-22-11-13-25(14-12-22)30(44)43(27-17-15-24(16-18-27)29-39-41-42-40-29)31(45)28(37)20-23-9-8-10-26(19-23)36-48-34(4,5)35(6,7)49-36/h8-10,15-19,22,25,28H,11-14,20-21,37H2,1-7H3,(H,38,46)(H,39,40,41,42)/t22-,25-,28-/m0/s1. The van der Waals surface area contributed by atoms with Gasteiger partial charge in [0.25, 0.3) is 5.91 Å². The first kappa shape index (κ1) is 36.2. The largest absolute Gasteiger partial charge is 0.494 e. The topological polar surface area (TPSA) is 175 Å². The number of imide groups is 1. The fourth-order valence-corrected chi connectivity index (χ4v) is 6.10. The molecule has 5 rings (SSSR count). The van der Waals surface area contributed by atoms with Gasteiger partial charge in [0.1, 0.15) is 5.60 Å². The Morgan fingerprint density at radius 3 is 2.29 bits per heavy atom. The van der Waals surface area contributed by atoms with E-state index in [4.69, 9.17) is 19.8 Å². The van der Waals surface area contributed by atoms with Crippen LogP contribution < -0.4 is 21.4 Å². The summed E-state index contributed by atoms with van der Waals surface area (Å²) in [5.41, 5.74) is 7.81. The summed E-state index contributed by atoms with van der Waals surface area (Å²) in [7, 11) is -0.553. The van der Waals surface area contributed by atoms with Gasteiger partial charge in [0.15, 0.2) is 5.82 Å². The van der Waals surface area contributed by atoms with Gasteiger partial charge in [-0.1, -0.05) is 24.3 Å². The van der Waals surface area contributed by atoms with Crippen LogP contribution >= 0.6 is 0 Å². The van der Waals surface area contributed by atoms with Crippen LogP contribution in [0.25, 0.3) is 11.4 Å². The van der Waals surface area contributed by atoms with Crippen molar-refractivity contribution in [1.29, 1.82) is 0 Å². The average molecular weight is 674 g/mol. The molecule has 1 saturated carbocycles. The summed E-state index contributed by atoms with van der Waals surface area (Å²) in [6, 6.07) is 13.6. The third-order valence-corrected chi connectivity index (χ3v) is 9.56. The van der Waals surface area contributed by atoms with E-state index in [1.54, 1.807) is 24.3 Å². The number of carbonyl (C=O) groups excluding carboxylic acids is 3. The van der Waals surface area contributed by atoms with Crippen LogP contribution in [-0.2, 0) is 30.1 Å². The van der Waals surface area contributed by atoms with Crippen LogP contribution in [0.2, 0.25) is 0 Å². The Morgan fingerprint density at radius 1 is 1.04 bits per heavy atom. The molecule has 2 fully saturated rings. The lowest BCUT2D eigenvalue weighted by Crippen LogP contribution is -2.50. The molecule has 1 aromatic heterocycles. The Labute approximate surface area is 288 Å². The van der Waals surface area contributed by atoms with Crippen molar-refractivity contribution in [2.24, 2.45) is 17.6 Å². The van der Waals surface area contributed by atoms with E-state index in [-0.39, 0.29) is 24.2 Å². The van der Waals surface area contributed by atoms with Crippen LogP contribution in [-0.4, -0.2) is 75.0 Å². The highest BCUT2D eigenvalue weighted by molar-refractivity contribution is 6.62. The number of H-pyrrole nitrogens is 1. The summed E-state index contributed by atoms with van der Waals surface area (Å²) < 4.78 is 17.8. The predicted octanol–water partition coefficient (Wildman–Crippen LogP) is 3.93. The van der Waals surface area contributed by atoms with Gasteiger partial charge in [-0.05, 0) is 132 Å². The minimum Gasteiger partial charge on any atom is -0.444 e. The zero-order chi connectivity index (χ0) is 35.6. The number of anilines is 1. The smallest absolute Gasteiger partial charge is 0.444 e. The van der Waals surface area contributed by atoms with Gasteiger partial charge >= 0.3 is 13.2 Å². The molecule has 3 amide bonds. The number of tetrazole rings is 1.